The van der Waals surface area contributed by atoms with Crippen molar-refractivity contribution in [1.29, 1.82) is 10.8 Å². The second-order valence-electron chi connectivity index (χ2n) is 3.54. The maximum atomic E-state index is 7.58. The summed E-state index contributed by atoms with van der Waals surface area (Å²) in [4.78, 5) is 0. The van der Waals surface area contributed by atoms with E-state index >= 15 is 0 Å². The molecule has 0 radical (unpaired) electrons. The van der Waals surface area contributed by atoms with Gasteiger partial charge >= 0.3 is 0 Å². The summed E-state index contributed by atoms with van der Waals surface area (Å²) < 4.78 is 0. The summed E-state index contributed by atoms with van der Waals surface area (Å²) in [5.41, 5.74) is 12.1. The molecule has 16 heavy (non-hydrogen) atoms. The van der Waals surface area contributed by atoms with Crippen molar-refractivity contribution in [3.05, 3.63) is 47.5 Å². The Hall–Kier alpha value is -2.36. The topological polar surface area (TPSA) is 99.7 Å². The Kier molecular flexibility index (Phi) is 2.32. The number of nitrogens with one attached hydrogen (secondary N) is 2. The molecule has 2 aromatic rings. The molecule has 0 aliphatic carbocycles. The number of hydrogen-bond donors (Lipinski definition) is 4. The summed E-state index contributed by atoms with van der Waals surface area (Å²) in [7, 11) is 0. The molecule has 0 heterocycles. The number of rotatable bonds is 2. The monoisotopic (exact) mass is 212 g/mol. The molecule has 0 fully saturated rings. The standard InChI is InChI=1S/C12H12N4/c13-11(14)9-6-5-7-3-1-2-4-8(7)10(9)12(15)16/h1-6H,(H3,13,14)(H3,15,16). The molecule has 0 amide bonds. The Labute approximate surface area is 92.9 Å². The Balaban J connectivity index is 2.90. The van der Waals surface area contributed by atoms with E-state index in [2.05, 4.69) is 0 Å². The zero-order valence-electron chi connectivity index (χ0n) is 8.62. The molecule has 0 aliphatic rings. The van der Waals surface area contributed by atoms with Gasteiger partial charge in [0.05, 0.1) is 0 Å². The molecule has 0 saturated heterocycles. The van der Waals surface area contributed by atoms with Gasteiger partial charge in [-0.1, -0.05) is 30.3 Å². The first-order valence-corrected chi connectivity index (χ1v) is 4.82. The van der Waals surface area contributed by atoms with Crippen molar-refractivity contribution in [1.82, 2.24) is 0 Å². The van der Waals surface area contributed by atoms with E-state index < -0.39 is 0 Å². The SMILES string of the molecule is N=C(N)c1ccc2ccccc2c1C(=N)N. The molecular weight excluding hydrogens is 200 g/mol. The highest BCUT2D eigenvalue weighted by atomic mass is 14.7. The normalized spacial score (nSPS) is 10.2. The van der Waals surface area contributed by atoms with Crippen LogP contribution in [0, 0.1) is 10.8 Å². The minimum atomic E-state index is -0.0732. The highest BCUT2D eigenvalue weighted by molar-refractivity contribution is 6.16. The van der Waals surface area contributed by atoms with Crippen LogP contribution in [0.5, 0.6) is 0 Å². The smallest absolute Gasteiger partial charge is 0.124 e. The van der Waals surface area contributed by atoms with Gasteiger partial charge in [-0.15, -0.1) is 0 Å². The van der Waals surface area contributed by atoms with Crippen molar-refractivity contribution in [2.45, 2.75) is 0 Å². The molecule has 0 bridgehead atoms. The average molecular weight is 212 g/mol. The van der Waals surface area contributed by atoms with Crippen LogP contribution in [0.15, 0.2) is 36.4 Å². The summed E-state index contributed by atoms with van der Waals surface area (Å²) in [6.45, 7) is 0. The van der Waals surface area contributed by atoms with Gasteiger partial charge in [0.2, 0.25) is 0 Å². The predicted molar refractivity (Wildman–Crippen MR) is 66.0 cm³/mol. The van der Waals surface area contributed by atoms with Crippen molar-refractivity contribution in [3.8, 4) is 0 Å². The Morgan fingerprint density at radius 3 is 2.19 bits per heavy atom. The average Bonchev–Trinajstić information content (AvgIpc) is 2.27. The van der Waals surface area contributed by atoms with Gasteiger partial charge in [0.25, 0.3) is 0 Å². The lowest BCUT2D eigenvalue weighted by atomic mass is 9.97. The molecular formula is C12H12N4. The van der Waals surface area contributed by atoms with Gasteiger partial charge in [-0.3, -0.25) is 10.8 Å². The molecule has 0 aromatic heterocycles. The number of benzene rings is 2. The summed E-state index contributed by atoms with van der Waals surface area (Å²) in [6, 6.07) is 11.2. The second kappa shape index (κ2) is 3.66. The van der Waals surface area contributed by atoms with Crippen LogP contribution in [0.2, 0.25) is 0 Å². The van der Waals surface area contributed by atoms with Crippen LogP contribution in [0.3, 0.4) is 0 Å². The van der Waals surface area contributed by atoms with E-state index in [4.69, 9.17) is 22.3 Å². The molecule has 6 N–H and O–H groups in total. The summed E-state index contributed by atoms with van der Waals surface area (Å²) >= 11 is 0. The number of amidine groups is 2. The largest absolute Gasteiger partial charge is 0.384 e. The summed E-state index contributed by atoms with van der Waals surface area (Å²) in [6.07, 6.45) is 0. The van der Waals surface area contributed by atoms with E-state index in [1.807, 2.05) is 30.3 Å². The van der Waals surface area contributed by atoms with Crippen molar-refractivity contribution >= 4 is 22.4 Å². The van der Waals surface area contributed by atoms with Crippen LogP contribution < -0.4 is 11.5 Å². The van der Waals surface area contributed by atoms with E-state index in [0.717, 1.165) is 10.8 Å². The van der Waals surface area contributed by atoms with Crippen molar-refractivity contribution in [3.63, 3.8) is 0 Å². The molecule has 2 aromatic carbocycles. The summed E-state index contributed by atoms with van der Waals surface area (Å²) in [5.74, 6) is -0.141. The van der Waals surface area contributed by atoms with Gasteiger partial charge in [0, 0.05) is 11.1 Å². The molecule has 0 atom stereocenters. The number of nitrogens with two attached hydrogens (primary N) is 2. The Morgan fingerprint density at radius 2 is 1.56 bits per heavy atom. The van der Waals surface area contributed by atoms with Crippen LogP contribution in [0.25, 0.3) is 10.8 Å². The van der Waals surface area contributed by atoms with E-state index in [1.165, 1.54) is 0 Å². The third-order valence-corrected chi connectivity index (χ3v) is 2.49. The van der Waals surface area contributed by atoms with E-state index in [9.17, 15) is 0 Å². The zero-order chi connectivity index (χ0) is 11.7. The Bertz CT molecular complexity index is 587. The first kappa shape index (κ1) is 10.2. The predicted octanol–water partition coefficient (Wildman–Crippen LogP) is 1.41. The van der Waals surface area contributed by atoms with Crippen LogP contribution in [-0.2, 0) is 0 Å². The minimum Gasteiger partial charge on any atom is -0.384 e. The van der Waals surface area contributed by atoms with Gasteiger partial charge in [-0.05, 0) is 16.8 Å². The molecule has 0 unspecified atom stereocenters. The highest BCUT2D eigenvalue weighted by Gasteiger charge is 2.11. The third-order valence-electron chi connectivity index (χ3n) is 2.49. The molecule has 80 valence electrons. The second-order valence-corrected chi connectivity index (χ2v) is 3.54. The van der Waals surface area contributed by atoms with Crippen LogP contribution in [0.4, 0.5) is 0 Å². The van der Waals surface area contributed by atoms with Gasteiger partial charge in [-0.25, -0.2) is 0 Å². The van der Waals surface area contributed by atoms with Gasteiger partial charge in [-0.2, -0.15) is 0 Å². The maximum absolute atomic E-state index is 7.58. The van der Waals surface area contributed by atoms with Gasteiger partial charge in [0.15, 0.2) is 0 Å². The van der Waals surface area contributed by atoms with E-state index in [1.54, 1.807) is 6.07 Å². The van der Waals surface area contributed by atoms with E-state index in [0.29, 0.717) is 11.1 Å². The fourth-order valence-corrected chi connectivity index (χ4v) is 1.79. The number of hydrogen-bond acceptors (Lipinski definition) is 2. The quantitative estimate of drug-likeness (QED) is 0.447. The maximum Gasteiger partial charge on any atom is 0.124 e. The van der Waals surface area contributed by atoms with Gasteiger partial charge < -0.3 is 11.5 Å². The molecule has 0 spiro atoms. The minimum absolute atomic E-state index is 0.0676. The zero-order valence-corrected chi connectivity index (χ0v) is 8.62. The fraction of sp³-hybridized carbons (Fsp3) is 0. The van der Waals surface area contributed by atoms with Crippen LogP contribution in [0.1, 0.15) is 11.1 Å². The molecule has 4 nitrogen and oxygen atoms in total. The van der Waals surface area contributed by atoms with Crippen molar-refractivity contribution < 1.29 is 0 Å². The van der Waals surface area contributed by atoms with Crippen molar-refractivity contribution in [2.24, 2.45) is 11.5 Å². The molecule has 0 aliphatic heterocycles. The lowest BCUT2D eigenvalue weighted by Gasteiger charge is -2.10. The van der Waals surface area contributed by atoms with Crippen LogP contribution >= 0.6 is 0 Å². The molecule has 2 rings (SSSR count). The highest BCUT2D eigenvalue weighted by Crippen LogP contribution is 2.21. The first-order chi connectivity index (χ1) is 7.61. The summed E-state index contributed by atoms with van der Waals surface area (Å²) in [5, 5.41) is 16.9. The third kappa shape index (κ3) is 1.50. The fourth-order valence-electron chi connectivity index (χ4n) is 1.79. The Morgan fingerprint density at radius 1 is 0.875 bits per heavy atom. The number of fused-ring (bicyclic) bond motifs is 1. The van der Waals surface area contributed by atoms with E-state index in [-0.39, 0.29) is 11.7 Å². The van der Waals surface area contributed by atoms with Crippen LogP contribution in [-0.4, -0.2) is 11.7 Å². The lowest BCUT2D eigenvalue weighted by Crippen LogP contribution is -2.20. The first-order valence-electron chi connectivity index (χ1n) is 4.82. The van der Waals surface area contributed by atoms with Gasteiger partial charge in [0.1, 0.15) is 11.7 Å². The van der Waals surface area contributed by atoms with Crippen molar-refractivity contribution in [2.75, 3.05) is 0 Å². The molecule has 0 saturated carbocycles. The number of nitrogen functional groups attached to an aromatic ring is 2. The lowest BCUT2D eigenvalue weighted by molar-refractivity contribution is 1.39. The molecule has 4 heteroatoms.